The maximum Gasteiger partial charge on any atom is 0.508 e. The second-order valence-electron chi connectivity index (χ2n) is 3.77. The van der Waals surface area contributed by atoms with Gasteiger partial charge < -0.3 is 17.7 Å². The Hall–Kier alpha value is -1.39. The van der Waals surface area contributed by atoms with Crippen LogP contribution < -0.4 is 4.74 Å². The van der Waals surface area contributed by atoms with Crippen molar-refractivity contribution < 1.29 is 17.7 Å². The highest BCUT2D eigenvalue weighted by atomic mass is 19.4. The predicted molar refractivity (Wildman–Crippen MR) is 59.6 cm³/mol. The molecule has 0 spiro atoms. The van der Waals surface area contributed by atoms with Crippen LogP contribution in [0.5, 0.6) is 5.75 Å². The summed E-state index contributed by atoms with van der Waals surface area (Å²) in [5.41, 5.74) is 1.24. The number of aryl methyl sites for hydroxylation is 2. The fraction of sp³-hybridized carbons (Fsp3) is 0.273. The van der Waals surface area contributed by atoms with E-state index < -0.39 is 19.1 Å². The summed E-state index contributed by atoms with van der Waals surface area (Å²) in [5.74, 6) is 0.435. The van der Waals surface area contributed by atoms with Crippen molar-refractivity contribution in [3.05, 3.63) is 41.4 Å². The summed E-state index contributed by atoms with van der Waals surface area (Å²) in [6.07, 6.45) is 0. The molecular formula is C11H13BF3O-. The fourth-order valence-electron chi connectivity index (χ4n) is 1.07. The molecule has 0 aliphatic carbocycles. The molecule has 0 amide bonds. The first-order valence-electron chi connectivity index (χ1n) is 4.88. The van der Waals surface area contributed by atoms with Gasteiger partial charge in [-0.1, -0.05) is 6.07 Å². The zero-order valence-electron chi connectivity index (χ0n) is 9.27. The molecule has 0 unspecified atom stereocenters. The van der Waals surface area contributed by atoms with Gasteiger partial charge in [0.2, 0.25) is 0 Å². The summed E-state index contributed by atoms with van der Waals surface area (Å²) in [6.45, 7) is 1.25. The summed E-state index contributed by atoms with van der Waals surface area (Å²) in [5, 5.41) is 0. The average Bonchev–Trinajstić information content (AvgIpc) is 2.18. The van der Waals surface area contributed by atoms with Gasteiger partial charge in [0, 0.05) is 0 Å². The highest BCUT2D eigenvalue weighted by Gasteiger charge is 2.26. The Morgan fingerprint density at radius 2 is 1.88 bits per heavy atom. The largest absolute Gasteiger partial charge is 0.508 e. The van der Waals surface area contributed by atoms with Crippen LogP contribution in [-0.4, -0.2) is 13.6 Å². The first-order chi connectivity index (χ1) is 7.30. The van der Waals surface area contributed by atoms with Crippen LogP contribution in [0.4, 0.5) is 12.9 Å². The van der Waals surface area contributed by atoms with Gasteiger partial charge in [-0.25, -0.2) is 0 Å². The summed E-state index contributed by atoms with van der Waals surface area (Å²) in [4.78, 5) is 0. The topological polar surface area (TPSA) is 9.23 Å². The van der Waals surface area contributed by atoms with Crippen LogP contribution in [-0.2, 0) is 0 Å². The number of benzene rings is 1. The summed E-state index contributed by atoms with van der Waals surface area (Å²) < 4.78 is 41.6. The lowest BCUT2D eigenvalue weighted by Gasteiger charge is -2.18. The smallest absolute Gasteiger partial charge is 0.492 e. The third-order valence-electron chi connectivity index (χ3n) is 2.37. The van der Waals surface area contributed by atoms with Crippen molar-refractivity contribution in [2.45, 2.75) is 13.8 Å². The minimum absolute atomic E-state index is 0.435. The van der Waals surface area contributed by atoms with Gasteiger partial charge in [-0.3, -0.25) is 0 Å². The van der Waals surface area contributed by atoms with Crippen LogP contribution in [0.1, 0.15) is 11.1 Å². The molecule has 0 N–H and O–H groups in total. The van der Waals surface area contributed by atoms with E-state index in [0.717, 1.165) is 11.1 Å². The molecule has 1 rings (SSSR count). The zero-order chi connectivity index (χ0) is 12.3. The molecule has 1 aromatic rings. The van der Waals surface area contributed by atoms with E-state index in [1.165, 1.54) is 0 Å². The molecule has 0 heterocycles. The first kappa shape index (κ1) is 12.7. The molecule has 0 saturated carbocycles. The van der Waals surface area contributed by atoms with E-state index >= 15 is 0 Å². The lowest BCUT2D eigenvalue weighted by Crippen LogP contribution is -2.23. The van der Waals surface area contributed by atoms with Crippen LogP contribution in [0.25, 0.3) is 0 Å². The summed E-state index contributed by atoms with van der Waals surface area (Å²) in [7, 11) is 0. The molecule has 0 fully saturated rings. The van der Waals surface area contributed by atoms with Gasteiger partial charge in [-0.2, -0.15) is 0 Å². The maximum atomic E-state index is 12.2. The van der Waals surface area contributed by atoms with Crippen molar-refractivity contribution in [2.24, 2.45) is 0 Å². The Balaban J connectivity index is 2.62. The molecule has 1 aromatic carbocycles. The Morgan fingerprint density at radius 1 is 1.25 bits per heavy atom. The molecule has 0 atom stereocenters. The van der Waals surface area contributed by atoms with Crippen LogP contribution >= 0.6 is 0 Å². The monoisotopic (exact) mass is 229 g/mol. The van der Waals surface area contributed by atoms with E-state index in [4.69, 9.17) is 4.74 Å². The fourth-order valence-corrected chi connectivity index (χ4v) is 1.07. The van der Waals surface area contributed by atoms with Crippen molar-refractivity contribution in [3.63, 3.8) is 0 Å². The average molecular weight is 229 g/mol. The third-order valence-corrected chi connectivity index (χ3v) is 2.37. The van der Waals surface area contributed by atoms with Gasteiger partial charge in [0.1, 0.15) is 5.75 Å². The van der Waals surface area contributed by atoms with Crippen LogP contribution in [0.3, 0.4) is 0 Å². The maximum absolute atomic E-state index is 12.2. The molecule has 0 saturated heterocycles. The number of hydrogen-bond donors (Lipinski definition) is 0. The van der Waals surface area contributed by atoms with Crippen molar-refractivity contribution in [3.8, 4) is 5.75 Å². The molecule has 0 aliphatic heterocycles. The minimum Gasteiger partial charge on any atom is -0.492 e. The number of hydrogen-bond acceptors (Lipinski definition) is 1. The van der Waals surface area contributed by atoms with Crippen LogP contribution in [0, 0.1) is 13.8 Å². The van der Waals surface area contributed by atoms with Gasteiger partial charge in [0.05, 0.1) is 6.61 Å². The van der Waals surface area contributed by atoms with E-state index in [1.54, 1.807) is 12.1 Å². The molecule has 1 nitrogen and oxygen atoms in total. The summed E-state index contributed by atoms with van der Waals surface area (Å²) >= 11 is 0. The number of ether oxygens (including phenoxy) is 1. The second-order valence-corrected chi connectivity index (χ2v) is 3.77. The molecule has 0 bridgehead atoms. The van der Waals surface area contributed by atoms with Crippen LogP contribution in [0.15, 0.2) is 30.3 Å². The molecule has 0 aromatic heterocycles. The molecule has 0 aliphatic rings. The lowest BCUT2D eigenvalue weighted by atomic mass is 9.81. The Kier molecular flexibility index (Phi) is 3.68. The minimum atomic E-state index is -5.01. The first-order valence-corrected chi connectivity index (χ1v) is 4.88. The molecular weight excluding hydrogens is 216 g/mol. The van der Waals surface area contributed by atoms with Gasteiger partial charge in [-0.05, 0) is 37.1 Å². The highest BCUT2D eigenvalue weighted by Crippen LogP contribution is 2.21. The van der Waals surface area contributed by atoms with Crippen molar-refractivity contribution in [1.29, 1.82) is 0 Å². The second kappa shape index (κ2) is 4.64. The van der Waals surface area contributed by atoms with Gasteiger partial charge >= 0.3 is 6.98 Å². The Morgan fingerprint density at radius 3 is 2.38 bits per heavy atom. The Labute approximate surface area is 93.0 Å². The van der Waals surface area contributed by atoms with E-state index in [-0.39, 0.29) is 0 Å². The van der Waals surface area contributed by atoms with E-state index in [2.05, 4.69) is 6.58 Å². The molecule has 5 heteroatoms. The Bertz CT molecular complexity index is 399. The van der Waals surface area contributed by atoms with Crippen LogP contribution in [0.2, 0.25) is 0 Å². The van der Waals surface area contributed by atoms with E-state index in [9.17, 15) is 12.9 Å². The number of halogens is 3. The van der Waals surface area contributed by atoms with Gasteiger partial charge in [-0.15, -0.1) is 12.1 Å². The quantitative estimate of drug-likeness (QED) is 0.716. The molecule has 88 valence electrons. The van der Waals surface area contributed by atoms with Crippen molar-refractivity contribution in [1.82, 2.24) is 0 Å². The standard InChI is InChI=1S/C11H13BF3O/c1-8-4-5-11(6-9(8)2)16-7-10(3)12(13,14)15/h4-6H,3,7H2,1-2H3/q-1. The lowest BCUT2D eigenvalue weighted by molar-refractivity contribution is 0.346. The van der Waals surface area contributed by atoms with E-state index in [1.807, 2.05) is 19.9 Å². The van der Waals surface area contributed by atoms with Gasteiger partial charge in [0.25, 0.3) is 0 Å². The van der Waals surface area contributed by atoms with Crippen molar-refractivity contribution in [2.75, 3.05) is 6.61 Å². The van der Waals surface area contributed by atoms with Crippen molar-refractivity contribution >= 4 is 6.98 Å². The summed E-state index contributed by atoms with van der Waals surface area (Å²) in [6, 6.07) is 5.18. The molecule has 0 radical (unpaired) electrons. The predicted octanol–water partition coefficient (Wildman–Crippen LogP) is 3.63. The normalized spacial score (nSPS) is 11.3. The van der Waals surface area contributed by atoms with E-state index in [0.29, 0.717) is 5.75 Å². The third kappa shape index (κ3) is 3.33. The highest BCUT2D eigenvalue weighted by molar-refractivity contribution is 6.66. The molecule has 16 heavy (non-hydrogen) atoms. The van der Waals surface area contributed by atoms with Gasteiger partial charge in [0.15, 0.2) is 0 Å². The SMILES string of the molecule is C=C(COc1ccc(C)c(C)c1)[B-](F)(F)F. The zero-order valence-corrected chi connectivity index (χ0v) is 9.27. The number of rotatable bonds is 4.